The quantitative estimate of drug-likeness (QED) is 0.861. The predicted molar refractivity (Wildman–Crippen MR) is 67.9 cm³/mol. The number of nitrogens with one attached hydrogen (secondary N) is 1. The molecule has 2 atom stereocenters. The van der Waals surface area contributed by atoms with Gasteiger partial charge in [-0.1, -0.05) is 6.92 Å². The number of carbonyl (C=O) groups is 2. The van der Waals surface area contributed by atoms with Crippen LogP contribution in [-0.2, 0) is 9.53 Å². The molecule has 1 saturated heterocycles. The smallest absolute Gasteiger partial charge is 0.335 e. The molecule has 6 heteroatoms. The molecule has 2 rings (SSSR count). The van der Waals surface area contributed by atoms with Crippen molar-refractivity contribution < 1.29 is 19.4 Å². The number of aromatic carboxylic acids is 1. The first-order valence-corrected chi connectivity index (χ1v) is 6.16. The number of pyridine rings is 1. The van der Waals surface area contributed by atoms with Gasteiger partial charge in [0.25, 0.3) is 0 Å². The molecular formula is C13H16N2O4. The number of anilines is 1. The van der Waals surface area contributed by atoms with E-state index in [-0.39, 0.29) is 29.1 Å². The number of carboxylic acid groups (broad SMARTS) is 1. The summed E-state index contributed by atoms with van der Waals surface area (Å²) in [7, 11) is 0. The van der Waals surface area contributed by atoms with Gasteiger partial charge in [-0.15, -0.1) is 0 Å². The van der Waals surface area contributed by atoms with Gasteiger partial charge in [0.2, 0.25) is 5.91 Å². The number of nitrogens with zero attached hydrogens (tertiary/aromatic N) is 1. The zero-order valence-corrected chi connectivity index (χ0v) is 10.6. The highest BCUT2D eigenvalue weighted by molar-refractivity contribution is 5.94. The molecule has 1 aliphatic heterocycles. The molecule has 2 unspecified atom stereocenters. The lowest BCUT2D eigenvalue weighted by atomic mass is 9.89. The molecule has 0 aromatic carbocycles. The minimum absolute atomic E-state index is 0.102. The molecule has 6 nitrogen and oxygen atoms in total. The van der Waals surface area contributed by atoms with E-state index in [1.54, 1.807) is 0 Å². The number of hydrogen-bond acceptors (Lipinski definition) is 4. The second-order valence-electron chi connectivity index (χ2n) is 4.67. The van der Waals surface area contributed by atoms with Gasteiger partial charge in [0, 0.05) is 25.3 Å². The van der Waals surface area contributed by atoms with E-state index >= 15 is 0 Å². The first-order chi connectivity index (χ1) is 9.08. The largest absolute Gasteiger partial charge is 0.478 e. The van der Waals surface area contributed by atoms with Crippen LogP contribution in [0.15, 0.2) is 18.3 Å². The Hall–Kier alpha value is -1.95. The molecule has 0 bridgehead atoms. The number of aromatic nitrogens is 1. The number of hydrogen-bond donors (Lipinski definition) is 2. The van der Waals surface area contributed by atoms with Crippen molar-refractivity contribution in [1.82, 2.24) is 4.98 Å². The van der Waals surface area contributed by atoms with Gasteiger partial charge in [-0.2, -0.15) is 0 Å². The molecule has 1 aliphatic rings. The fraction of sp³-hybridized carbons (Fsp3) is 0.462. The van der Waals surface area contributed by atoms with E-state index in [1.807, 2.05) is 6.92 Å². The van der Waals surface area contributed by atoms with E-state index < -0.39 is 5.97 Å². The molecule has 1 amide bonds. The van der Waals surface area contributed by atoms with Gasteiger partial charge in [0.1, 0.15) is 5.82 Å². The highest BCUT2D eigenvalue weighted by Gasteiger charge is 2.28. The van der Waals surface area contributed by atoms with Gasteiger partial charge in [-0.25, -0.2) is 9.78 Å². The molecule has 102 valence electrons. The summed E-state index contributed by atoms with van der Waals surface area (Å²) in [5.74, 6) is -0.882. The van der Waals surface area contributed by atoms with Crippen molar-refractivity contribution in [2.45, 2.75) is 13.3 Å². The Morgan fingerprint density at radius 2 is 2.32 bits per heavy atom. The number of carboxylic acids is 1. The average molecular weight is 264 g/mol. The van der Waals surface area contributed by atoms with Gasteiger partial charge in [0.15, 0.2) is 0 Å². The summed E-state index contributed by atoms with van der Waals surface area (Å²) in [6, 6.07) is 2.74. The van der Waals surface area contributed by atoms with Crippen LogP contribution in [0.2, 0.25) is 0 Å². The van der Waals surface area contributed by atoms with Crippen LogP contribution < -0.4 is 5.32 Å². The van der Waals surface area contributed by atoms with Crippen LogP contribution in [0.4, 0.5) is 5.82 Å². The Morgan fingerprint density at radius 3 is 3.00 bits per heavy atom. The van der Waals surface area contributed by atoms with Crippen molar-refractivity contribution in [1.29, 1.82) is 0 Å². The Kier molecular flexibility index (Phi) is 4.11. The van der Waals surface area contributed by atoms with Gasteiger partial charge in [-0.05, 0) is 24.5 Å². The monoisotopic (exact) mass is 264 g/mol. The summed E-state index contributed by atoms with van der Waals surface area (Å²) >= 11 is 0. The number of amides is 1. The van der Waals surface area contributed by atoms with Crippen LogP contribution in [0.1, 0.15) is 23.7 Å². The van der Waals surface area contributed by atoms with E-state index in [1.165, 1.54) is 18.3 Å². The third-order valence-corrected chi connectivity index (χ3v) is 3.24. The summed E-state index contributed by atoms with van der Waals surface area (Å²) in [4.78, 5) is 26.9. The van der Waals surface area contributed by atoms with Crippen LogP contribution in [0.5, 0.6) is 0 Å². The summed E-state index contributed by atoms with van der Waals surface area (Å²) in [5.41, 5.74) is 0.102. The maximum absolute atomic E-state index is 12.1. The van der Waals surface area contributed by atoms with Gasteiger partial charge >= 0.3 is 5.97 Å². The molecule has 1 aromatic rings. The minimum Gasteiger partial charge on any atom is -0.478 e. The van der Waals surface area contributed by atoms with E-state index in [2.05, 4.69) is 10.3 Å². The molecule has 1 fully saturated rings. The zero-order valence-electron chi connectivity index (χ0n) is 10.6. The second-order valence-corrected chi connectivity index (χ2v) is 4.67. The van der Waals surface area contributed by atoms with Gasteiger partial charge in [0.05, 0.1) is 5.56 Å². The molecule has 0 saturated carbocycles. The van der Waals surface area contributed by atoms with Gasteiger partial charge in [-0.3, -0.25) is 4.79 Å². The molecule has 0 radical (unpaired) electrons. The third-order valence-electron chi connectivity index (χ3n) is 3.24. The second kappa shape index (κ2) is 5.79. The van der Waals surface area contributed by atoms with Crippen LogP contribution in [-0.4, -0.2) is 35.2 Å². The van der Waals surface area contributed by atoms with Crippen LogP contribution in [0.25, 0.3) is 0 Å². The lowest BCUT2D eigenvalue weighted by Gasteiger charge is -2.27. The molecule has 2 heterocycles. The lowest BCUT2D eigenvalue weighted by Crippen LogP contribution is -2.35. The predicted octanol–water partition coefficient (Wildman–Crippen LogP) is 1.39. The van der Waals surface area contributed by atoms with E-state index in [4.69, 9.17) is 9.84 Å². The summed E-state index contributed by atoms with van der Waals surface area (Å²) in [5, 5.41) is 11.5. The van der Waals surface area contributed by atoms with Crippen molar-refractivity contribution in [3.05, 3.63) is 23.9 Å². The fourth-order valence-corrected chi connectivity index (χ4v) is 2.12. The summed E-state index contributed by atoms with van der Waals surface area (Å²) < 4.78 is 5.29. The third kappa shape index (κ3) is 3.29. The molecule has 0 spiro atoms. The lowest BCUT2D eigenvalue weighted by molar-refractivity contribution is -0.125. The molecular weight excluding hydrogens is 248 g/mol. The van der Waals surface area contributed by atoms with E-state index in [0.29, 0.717) is 19.6 Å². The number of carbonyl (C=O) groups excluding carboxylic acids is 1. The maximum atomic E-state index is 12.1. The van der Waals surface area contributed by atoms with Crippen LogP contribution >= 0.6 is 0 Å². The average Bonchev–Trinajstić information content (AvgIpc) is 2.39. The highest BCUT2D eigenvalue weighted by Crippen LogP contribution is 2.22. The molecule has 1 aromatic heterocycles. The maximum Gasteiger partial charge on any atom is 0.335 e. The Labute approximate surface area is 110 Å². The van der Waals surface area contributed by atoms with Crippen LogP contribution in [0.3, 0.4) is 0 Å². The van der Waals surface area contributed by atoms with Crippen molar-refractivity contribution in [2.75, 3.05) is 18.5 Å². The topological polar surface area (TPSA) is 88.5 Å². The Balaban J connectivity index is 2.06. The summed E-state index contributed by atoms with van der Waals surface area (Å²) in [6.07, 6.45) is 2.04. The molecule has 0 aliphatic carbocycles. The van der Waals surface area contributed by atoms with Gasteiger partial charge < -0.3 is 15.2 Å². The highest BCUT2D eigenvalue weighted by atomic mass is 16.5. The zero-order chi connectivity index (χ0) is 13.8. The Morgan fingerprint density at radius 1 is 1.53 bits per heavy atom. The minimum atomic E-state index is -1.04. The van der Waals surface area contributed by atoms with Crippen molar-refractivity contribution in [2.24, 2.45) is 11.8 Å². The fourth-order valence-electron chi connectivity index (χ4n) is 2.12. The first kappa shape index (κ1) is 13.5. The molecule has 19 heavy (non-hydrogen) atoms. The van der Waals surface area contributed by atoms with Crippen molar-refractivity contribution in [3.63, 3.8) is 0 Å². The van der Waals surface area contributed by atoms with Crippen LogP contribution in [0, 0.1) is 11.8 Å². The first-order valence-electron chi connectivity index (χ1n) is 6.16. The van der Waals surface area contributed by atoms with E-state index in [0.717, 1.165) is 0 Å². The summed E-state index contributed by atoms with van der Waals surface area (Å²) in [6.45, 7) is 3.11. The molecule has 2 N–H and O–H groups in total. The number of rotatable bonds is 3. The van der Waals surface area contributed by atoms with Crippen molar-refractivity contribution >= 4 is 17.7 Å². The standard InChI is InChI=1S/C13H16N2O4/c1-8-7-19-5-3-10(8)12(16)15-11-6-9(13(17)18)2-4-14-11/h2,4,6,8,10H,3,5,7H2,1H3,(H,17,18)(H,14,15,16). The van der Waals surface area contributed by atoms with Crippen molar-refractivity contribution in [3.8, 4) is 0 Å². The normalized spacial score (nSPS) is 22.8. The van der Waals surface area contributed by atoms with E-state index in [9.17, 15) is 9.59 Å². The SMILES string of the molecule is CC1COCCC1C(=O)Nc1cc(C(=O)O)ccn1. The Bertz CT molecular complexity index is 489. The number of ether oxygens (including phenoxy) is 1.